The van der Waals surface area contributed by atoms with Gasteiger partial charge in [0.15, 0.2) is 0 Å². The summed E-state index contributed by atoms with van der Waals surface area (Å²) in [6.07, 6.45) is 0. The van der Waals surface area contributed by atoms with Crippen molar-refractivity contribution >= 4 is 44.5 Å². The van der Waals surface area contributed by atoms with Gasteiger partial charge in [-0.15, -0.1) is 11.3 Å². The number of esters is 1. The molecule has 1 heterocycles. The molecular formula is C26H25N2O5S2-. The van der Waals surface area contributed by atoms with Gasteiger partial charge < -0.3 is 14.0 Å². The number of carbonyl (C=O) groups is 1. The van der Waals surface area contributed by atoms with Gasteiger partial charge in [0.25, 0.3) is 0 Å². The Bertz CT molecular complexity index is 1290. The summed E-state index contributed by atoms with van der Waals surface area (Å²) in [7, 11) is 1.25. The lowest BCUT2D eigenvalue weighted by Crippen LogP contribution is -2.46. The van der Waals surface area contributed by atoms with Crippen molar-refractivity contribution in [1.29, 1.82) is 0 Å². The molecule has 0 aliphatic heterocycles. The van der Waals surface area contributed by atoms with Crippen molar-refractivity contribution in [3.05, 3.63) is 77.8 Å². The molecule has 0 radical (unpaired) electrons. The first-order valence-corrected chi connectivity index (χ1v) is 12.9. The summed E-state index contributed by atoms with van der Waals surface area (Å²) in [6, 6.07) is 21.7. The lowest BCUT2D eigenvalue weighted by molar-refractivity contribution is -0.142. The maximum atomic E-state index is 12.2. The second-order valence-electron chi connectivity index (χ2n) is 8.19. The molecule has 35 heavy (non-hydrogen) atoms. The summed E-state index contributed by atoms with van der Waals surface area (Å²) >= 11 is -1.03. The molecule has 9 heteroatoms. The van der Waals surface area contributed by atoms with Gasteiger partial charge in [0.05, 0.1) is 17.3 Å². The number of benzene rings is 3. The van der Waals surface area contributed by atoms with Crippen molar-refractivity contribution in [1.82, 2.24) is 4.98 Å². The predicted octanol–water partition coefficient (Wildman–Crippen LogP) is 5.34. The molecule has 0 N–H and O–H groups in total. The van der Waals surface area contributed by atoms with Crippen LogP contribution < -0.4 is 9.04 Å². The van der Waals surface area contributed by atoms with Crippen molar-refractivity contribution in [2.24, 2.45) is 5.92 Å². The molecule has 0 aliphatic carbocycles. The molecule has 0 amide bonds. The van der Waals surface area contributed by atoms with Crippen LogP contribution in [0.1, 0.15) is 18.9 Å². The van der Waals surface area contributed by atoms with E-state index in [-0.39, 0.29) is 5.92 Å². The fourth-order valence-corrected chi connectivity index (χ4v) is 5.46. The van der Waals surface area contributed by atoms with Crippen LogP contribution >= 0.6 is 11.3 Å². The van der Waals surface area contributed by atoms with Gasteiger partial charge in [0.2, 0.25) is 0 Å². The first-order chi connectivity index (χ1) is 16.9. The maximum Gasteiger partial charge on any atom is 0.329 e. The Balaban J connectivity index is 1.46. The van der Waals surface area contributed by atoms with E-state index in [2.05, 4.69) is 4.98 Å². The Morgan fingerprint density at radius 2 is 1.66 bits per heavy atom. The molecule has 0 saturated heterocycles. The van der Waals surface area contributed by atoms with Gasteiger partial charge in [-0.05, 0) is 53.4 Å². The number of thiazole rings is 1. The lowest BCUT2D eigenvalue weighted by Gasteiger charge is -2.35. The third-order valence-corrected chi connectivity index (χ3v) is 7.27. The normalized spacial score (nSPS) is 12.9. The molecule has 4 aromatic rings. The van der Waals surface area contributed by atoms with Crippen LogP contribution in [-0.4, -0.2) is 32.9 Å². The van der Waals surface area contributed by atoms with Crippen LogP contribution in [0.25, 0.3) is 21.3 Å². The van der Waals surface area contributed by atoms with Crippen molar-refractivity contribution in [2.45, 2.75) is 26.5 Å². The Labute approximate surface area is 210 Å². The lowest BCUT2D eigenvalue weighted by atomic mass is 10.0. The number of anilines is 1. The fraction of sp³-hybridized carbons (Fsp3) is 0.231. The topological polar surface area (TPSA) is 91.8 Å². The molecule has 2 unspecified atom stereocenters. The highest BCUT2D eigenvalue weighted by atomic mass is 32.2. The van der Waals surface area contributed by atoms with E-state index in [0.29, 0.717) is 12.3 Å². The van der Waals surface area contributed by atoms with Crippen molar-refractivity contribution in [3.63, 3.8) is 0 Å². The third kappa shape index (κ3) is 5.70. The van der Waals surface area contributed by atoms with E-state index in [9.17, 15) is 13.6 Å². The molecule has 182 valence electrons. The molecule has 0 spiro atoms. The number of rotatable bonds is 9. The van der Waals surface area contributed by atoms with Crippen LogP contribution in [0.4, 0.5) is 5.69 Å². The van der Waals surface area contributed by atoms with Crippen LogP contribution in [0.2, 0.25) is 0 Å². The van der Waals surface area contributed by atoms with E-state index in [0.717, 1.165) is 36.4 Å². The molecular weight excluding hydrogens is 484 g/mol. The number of aromatic nitrogens is 1. The molecule has 4 rings (SSSR count). The Hall–Kier alpha value is -3.27. The predicted molar refractivity (Wildman–Crippen MR) is 138 cm³/mol. The maximum absolute atomic E-state index is 12.2. The van der Waals surface area contributed by atoms with Gasteiger partial charge in [-0.2, -0.15) is 0 Å². The first kappa shape index (κ1) is 24.8. The summed E-state index contributed by atoms with van der Waals surface area (Å²) in [4.78, 5) is 16.8. The SMILES string of the molecule is COC(=O)C(C(C)C)N(c1ccc(-c2ccc(OCc3nc4ccccc4s3)cc2)cc1)S(=O)[O-]. The Morgan fingerprint density at radius 3 is 2.23 bits per heavy atom. The van der Waals surface area contributed by atoms with Gasteiger partial charge >= 0.3 is 5.97 Å². The first-order valence-electron chi connectivity index (χ1n) is 11.0. The summed E-state index contributed by atoms with van der Waals surface area (Å²) < 4.78 is 36.9. The third-order valence-electron chi connectivity index (χ3n) is 5.50. The second kappa shape index (κ2) is 11.0. The highest BCUT2D eigenvalue weighted by Gasteiger charge is 2.31. The number of carbonyl (C=O) groups excluding carboxylic acids is 1. The average molecular weight is 510 g/mol. The summed E-state index contributed by atoms with van der Waals surface area (Å²) in [5, 5.41) is 0.915. The molecule has 0 saturated carbocycles. The molecule has 0 aliphatic rings. The number of ether oxygens (including phenoxy) is 2. The van der Waals surface area contributed by atoms with E-state index in [4.69, 9.17) is 9.47 Å². The Kier molecular flexibility index (Phi) is 7.80. The van der Waals surface area contributed by atoms with Crippen LogP contribution in [0.3, 0.4) is 0 Å². The number of hydrogen-bond donors (Lipinski definition) is 0. The smallest absolute Gasteiger partial charge is 0.329 e. The van der Waals surface area contributed by atoms with E-state index in [1.54, 1.807) is 37.3 Å². The largest absolute Gasteiger partial charge is 0.755 e. The number of para-hydroxylation sites is 1. The van der Waals surface area contributed by atoms with Crippen LogP contribution in [-0.2, 0) is 27.4 Å². The van der Waals surface area contributed by atoms with Gasteiger partial charge in [0.1, 0.15) is 23.4 Å². The van der Waals surface area contributed by atoms with Gasteiger partial charge in [-0.25, -0.2) is 9.78 Å². The fourth-order valence-electron chi connectivity index (χ4n) is 3.77. The molecule has 2 atom stereocenters. The second-order valence-corrected chi connectivity index (χ2v) is 10.1. The quantitative estimate of drug-likeness (QED) is 0.223. The highest BCUT2D eigenvalue weighted by Crippen LogP contribution is 2.29. The zero-order valence-electron chi connectivity index (χ0n) is 19.5. The zero-order chi connectivity index (χ0) is 24.9. The van der Waals surface area contributed by atoms with Crippen LogP contribution in [0.5, 0.6) is 5.75 Å². The van der Waals surface area contributed by atoms with E-state index >= 15 is 0 Å². The standard InChI is InChI=1S/C26H26N2O5S2/c1-17(2)25(26(29)32-3)28(35(30)31)20-12-8-18(9-13-20)19-10-14-21(15-11-19)33-16-24-27-22-6-4-5-7-23(22)34-24/h4-15,17,25H,16H2,1-3H3,(H,30,31)/p-1. The summed E-state index contributed by atoms with van der Waals surface area (Å²) in [5.41, 5.74) is 3.22. The van der Waals surface area contributed by atoms with Crippen molar-refractivity contribution in [3.8, 4) is 16.9 Å². The molecule has 1 aromatic heterocycles. The van der Waals surface area contributed by atoms with Crippen LogP contribution in [0.15, 0.2) is 72.8 Å². The average Bonchev–Trinajstić information content (AvgIpc) is 3.29. The van der Waals surface area contributed by atoms with E-state index in [1.807, 2.05) is 60.7 Å². The zero-order valence-corrected chi connectivity index (χ0v) is 21.2. The van der Waals surface area contributed by atoms with Crippen molar-refractivity contribution < 1.29 is 23.0 Å². The van der Waals surface area contributed by atoms with E-state index in [1.165, 1.54) is 7.11 Å². The molecule has 0 fully saturated rings. The molecule has 3 aromatic carbocycles. The van der Waals surface area contributed by atoms with E-state index < -0.39 is 23.3 Å². The number of methoxy groups -OCH3 is 1. The van der Waals surface area contributed by atoms with Gasteiger partial charge in [-0.3, -0.25) is 8.51 Å². The van der Waals surface area contributed by atoms with Crippen LogP contribution in [0, 0.1) is 5.92 Å². The van der Waals surface area contributed by atoms with Gasteiger partial charge in [-0.1, -0.05) is 50.2 Å². The number of fused-ring (bicyclic) bond motifs is 1. The monoisotopic (exact) mass is 509 g/mol. The summed E-state index contributed by atoms with van der Waals surface area (Å²) in [6.45, 7) is 3.94. The number of hydrogen-bond acceptors (Lipinski definition) is 7. The molecule has 0 bridgehead atoms. The van der Waals surface area contributed by atoms with Gasteiger partial charge in [0, 0.05) is 17.0 Å². The highest BCUT2D eigenvalue weighted by molar-refractivity contribution is 7.80. The Morgan fingerprint density at radius 1 is 1.03 bits per heavy atom. The summed E-state index contributed by atoms with van der Waals surface area (Å²) in [5.74, 6) is -0.138. The minimum atomic E-state index is -2.64. The minimum Gasteiger partial charge on any atom is -0.755 e. The minimum absolute atomic E-state index is 0.268. The van der Waals surface area contributed by atoms with Crippen molar-refractivity contribution in [2.75, 3.05) is 11.4 Å². The molecule has 7 nitrogen and oxygen atoms in total. The number of nitrogens with zero attached hydrogens (tertiary/aromatic N) is 2.